The Hall–Kier alpha value is -2.69. The Balaban J connectivity index is 2.01. The summed E-state index contributed by atoms with van der Waals surface area (Å²) >= 11 is 0. The second-order valence-corrected chi connectivity index (χ2v) is 4.87. The lowest BCUT2D eigenvalue weighted by atomic mass is 10.2. The van der Waals surface area contributed by atoms with Crippen LogP contribution in [0.5, 0.6) is 0 Å². The van der Waals surface area contributed by atoms with Gasteiger partial charge in [-0.25, -0.2) is 4.57 Å². The minimum absolute atomic E-state index is 0.345. The second kappa shape index (κ2) is 3.25. The van der Waals surface area contributed by atoms with Gasteiger partial charge in [-0.3, -0.25) is 9.97 Å². The third-order valence-electron chi connectivity index (χ3n) is 3.83. The molecule has 0 saturated heterocycles. The van der Waals surface area contributed by atoms with Crippen LogP contribution in [0.15, 0.2) is 41.2 Å². The average molecular weight is 266 g/mol. The van der Waals surface area contributed by atoms with Gasteiger partial charge in [-0.15, -0.1) is 0 Å². The predicted octanol–water partition coefficient (Wildman–Crippen LogP) is 2.03. The summed E-state index contributed by atoms with van der Waals surface area (Å²) in [7, 11) is 0. The summed E-state index contributed by atoms with van der Waals surface area (Å²) in [6, 6.07) is 5.55. The highest BCUT2D eigenvalue weighted by atomic mass is 16.3. The van der Waals surface area contributed by atoms with Gasteiger partial charge in [0.15, 0.2) is 5.58 Å². The first kappa shape index (κ1) is 7.79. The maximum absolute atomic E-state index is 7.94. The Morgan fingerprint density at radius 2 is 2.40 bits per heavy atom. The number of imidazole rings is 1. The minimum Gasteiger partial charge on any atom is -0.417 e. The zero-order valence-corrected chi connectivity index (χ0v) is 10.4. The van der Waals surface area contributed by atoms with Crippen molar-refractivity contribution in [2.45, 2.75) is 6.54 Å². The maximum Gasteiger partial charge on any atom is 0.339 e. The standard InChI is InChI=1S/C15H11N4O/c1-18-14-9-3-2-5-17-11(9)8-19(14)13-10-4-6-16-7-12(10)20-15(13)18/h2-7H,8H2,1H3/q+1/i1D3. The topological polar surface area (TPSA) is 47.7 Å². The molecule has 0 N–H and O–H groups in total. The van der Waals surface area contributed by atoms with E-state index in [0.29, 0.717) is 23.7 Å². The molecule has 5 heteroatoms. The Morgan fingerprint density at radius 3 is 3.35 bits per heavy atom. The summed E-state index contributed by atoms with van der Waals surface area (Å²) in [5.74, 6) is 0.612. The molecule has 1 aliphatic rings. The molecule has 0 unspecified atom stereocenters. The highest BCUT2D eigenvalue weighted by Gasteiger charge is 2.36. The molecule has 96 valence electrons. The maximum atomic E-state index is 7.94. The molecule has 4 aromatic heterocycles. The fourth-order valence-corrected chi connectivity index (χ4v) is 3.00. The number of furan rings is 1. The molecule has 0 amide bonds. The van der Waals surface area contributed by atoms with E-state index in [1.807, 2.05) is 22.8 Å². The van der Waals surface area contributed by atoms with E-state index in [0.717, 1.165) is 22.2 Å². The number of rotatable bonds is 0. The van der Waals surface area contributed by atoms with E-state index in [9.17, 15) is 0 Å². The van der Waals surface area contributed by atoms with Crippen LogP contribution in [0.2, 0.25) is 0 Å². The van der Waals surface area contributed by atoms with Crippen LogP contribution in [0.4, 0.5) is 0 Å². The van der Waals surface area contributed by atoms with Crippen molar-refractivity contribution >= 4 is 22.2 Å². The number of hydrogen-bond donors (Lipinski definition) is 0. The van der Waals surface area contributed by atoms with Gasteiger partial charge in [0.2, 0.25) is 5.52 Å². The lowest BCUT2D eigenvalue weighted by Gasteiger charge is -1.93. The molecule has 0 spiro atoms. The molecule has 0 aromatic carbocycles. The van der Waals surface area contributed by atoms with Crippen LogP contribution >= 0.6 is 0 Å². The van der Waals surface area contributed by atoms with Gasteiger partial charge in [0.05, 0.1) is 33.9 Å². The molecule has 0 radical (unpaired) electrons. The first-order valence-electron chi connectivity index (χ1n) is 7.81. The van der Waals surface area contributed by atoms with Gasteiger partial charge in [0.1, 0.15) is 6.54 Å². The van der Waals surface area contributed by atoms with Crippen LogP contribution in [0.1, 0.15) is 9.81 Å². The fourth-order valence-electron chi connectivity index (χ4n) is 3.00. The van der Waals surface area contributed by atoms with Crippen LogP contribution in [-0.2, 0) is 13.5 Å². The van der Waals surface area contributed by atoms with Crippen molar-refractivity contribution < 1.29 is 13.1 Å². The van der Waals surface area contributed by atoms with Crippen molar-refractivity contribution in [2.75, 3.05) is 0 Å². The molecule has 20 heavy (non-hydrogen) atoms. The summed E-state index contributed by atoms with van der Waals surface area (Å²) in [5, 5.41) is 0.854. The fraction of sp³-hybridized carbons (Fsp3) is 0.133. The van der Waals surface area contributed by atoms with Crippen molar-refractivity contribution in [3.8, 4) is 11.4 Å². The highest BCUT2D eigenvalue weighted by Crippen LogP contribution is 2.36. The largest absolute Gasteiger partial charge is 0.417 e. The van der Waals surface area contributed by atoms with Crippen LogP contribution < -0.4 is 4.57 Å². The van der Waals surface area contributed by atoms with Crippen molar-refractivity contribution in [3.05, 3.63) is 42.5 Å². The van der Waals surface area contributed by atoms with Crippen LogP contribution in [0, 0.1) is 0 Å². The van der Waals surface area contributed by atoms with E-state index in [4.69, 9.17) is 8.53 Å². The van der Waals surface area contributed by atoms with Gasteiger partial charge in [0, 0.05) is 12.4 Å². The number of nitrogens with zero attached hydrogens (tertiary/aromatic N) is 4. The quantitative estimate of drug-likeness (QED) is 0.403. The van der Waals surface area contributed by atoms with Crippen molar-refractivity contribution in [3.63, 3.8) is 0 Å². The minimum atomic E-state index is -2.35. The summed E-state index contributed by atoms with van der Waals surface area (Å²) in [5.41, 5.74) is 3.39. The Kier molecular flexibility index (Phi) is 1.27. The van der Waals surface area contributed by atoms with Gasteiger partial charge in [-0.2, -0.15) is 4.57 Å². The van der Waals surface area contributed by atoms with Crippen molar-refractivity contribution in [1.82, 2.24) is 14.5 Å². The van der Waals surface area contributed by atoms with Gasteiger partial charge in [-0.1, -0.05) is 0 Å². The third-order valence-corrected chi connectivity index (χ3v) is 3.83. The molecule has 5 nitrogen and oxygen atoms in total. The first-order valence-corrected chi connectivity index (χ1v) is 6.31. The zero-order chi connectivity index (χ0) is 15.8. The van der Waals surface area contributed by atoms with E-state index < -0.39 is 6.98 Å². The molecule has 1 aliphatic heterocycles. The molecule has 0 saturated carbocycles. The highest BCUT2D eigenvalue weighted by molar-refractivity contribution is 6.01. The molecule has 4 aromatic rings. The molecular formula is C15H11N4O+. The molecule has 0 aliphatic carbocycles. The molecule has 0 bridgehead atoms. The van der Waals surface area contributed by atoms with E-state index in [1.165, 1.54) is 4.57 Å². The van der Waals surface area contributed by atoms with E-state index in [2.05, 4.69) is 9.97 Å². The van der Waals surface area contributed by atoms with E-state index in [1.54, 1.807) is 18.6 Å². The summed E-state index contributed by atoms with van der Waals surface area (Å²) in [6.07, 6.45) is 5.00. The number of pyridine rings is 2. The summed E-state index contributed by atoms with van der Waals surface area (Å²) < 4.78 is 32.9. The normalized spacial score (nSPS) is 15.9. The van der Waals surface area contributed by atoms with Gasteiger partial charge >= 0.3 is 5.71 Å². The molecule has 0 fully saturated rings. The van der Waals surface area contributed by atoms with Crippen molar-refractivity contribution in [1.29, 1.82) is 0 Å². The van der Waals surface area contributed by atoms with E-state index in [-0.39, 0.29) is 0 Å². The Bertz CT molecular complexity index is 1090. The predicted molar refractivity (Wildman–Crippen MR) is 73.0 cm³/mol. The average Bonchev–Trinajstić information content (AvgIpc) is 3.12. The number of aromatic nitrogens is 4. The molecule has 5 rings (SSSR count). The second-order valence-electron chi connectivity index (χ2n) is 4.87. The van der Waals surface area contributed by atoms with Gasteiger partial charge < -0.3 is 4.42 Å². The van der Waals surface area contributed by atoms with Crippen LogP contribution in [0.3, 0.4) is 0 Å². The Morgan fingerprint density at radius 1 is 1.40 bits per heavy atom. The number of fused-ring (bicyclic) bond motifs is 7. The SMILES string of the molecule is [2H]C([2H])([2H])[n+]1c2n(c3c4ccncc4oc31)Cc1ncccc1-2. The number of aryl methyl sites for hydroxylation is 1. The smallest absolute Gasteiger partial charge is 0.339 e. The number of hydrogen-bond acceptors (Lipinski definition) is 3. The summed E-state index contributed by atoms with van der Waals surface area (Å²) in [4.78, 5) is 8.43. The molecule has 0 atom stereocenters. The van der Waals surface area contributed by atoms with Gasteiger partial charge in [-0.05, 0) is 18.2 Å². The molecular weight excluding hydrogens is 252 g/mol. The molecule has 5 heterocycles. The summed E-state index contributed by atoms with van der Waals surface area (Å²) in [6.45, 7) is -1.82. The lowest BCUT2D eigenvalue weighted by Crippen LogP contribution is -2.29. The van der Waals surface area contributed by atoms with Crippen molar-refractivity contribution in [2.24, 2.45) is 6.98 Å². The lowest BCUT2D eigenvalue weighted by molar-refractivity contribution is -0.640. The Labute approximate surface area is 118 Å². The van der Waals surface area contributed by atoms with Gasteiger partial charge in [0.25, 0.3) is 5.82 Å². The van der Waals surface area contributed by atoms with E-state index >= 15 is 0 Å². The zero-order valence-electron chi connectivity index (χ0n) is 13.4. The van der Waals surface area contributed by atoms with Crippen LogP contribution in [-0.4, -0.2) is 14.5 Å². The first-order chi connectivity index (χ1) is 11.1. The van der Waals surface area contributed by atoms with Crippen LogP contribution in [0.25, 0.3) is 33.6 Å². The third kappa shape index (κ3) is 1.02. The monoisotopic (exact) mass is 266 g/mol.